The third kappa shape index (κ3) is 4.20. The monoisotopic (exact) mass is 263 g/mol. The second-order valence-corrected chi connectivity index (χ2v) is 5.31. The molecule has 1 aliphatic heterocycles. The van der Waals surface area contributed by atoms with Gasteiger partial charge in [0.05, 0.1) is 7.11 Å². The van der Waals surface area contributed by atoms with Crippen LogP contribution in [0.1, 0.15) is 18.0 Å². The Bertz CT molecular complexity index is 371. The number of rotatable bonds is 5. The van der Waals surface area contributed by atoms with Crippen LogP contribution in [0.15, 0.2) is 24.3 Å². The highest BCUT2D eigenvalue weighted by molar-refractivity contribution is 5.28. The number of piperazine rings is 1. The van der Waals surface area contributed by atoms with E-state index in [0.29, 0.717) is 0 Å². The van der Waals surface area contributed by atoms with Crippen LogP contribution in [0, 0.1) is 0 Å². The summed E-state index contributed by atoms with van der Waals surface area (Å²) in [6, 6.07) is 8.20. The first-order valence-corrected chi connectivity index (χ1v) is 6.99. The highest BCUT2D eigenvalue weighted by Gasteiger charge is 2.15. The molecule has 1 unspecified atom stereocenters. The van der Waals surface area contributed by atoms with Gasteiger partial charge in [-0.3, -0.25) is 0 Å². The van der Waals surface area contributed by atoms with Crippen molar-refractivity contribution < 1.29 is 4.74 Å². The van der Waals surface area contributed by atoms with Gasteiger partial charge in [-0.25, -0.2) is 0 Å². The van der Waals surface area contributed by atoms with Crippen LogP contribution in [0.25, 0.3) is 0 Å². The molecule has 4 heteroatoms. The van der Waals surface area contributed by atoms with Crippen LogP contribution in [0.2, 0.25) is 0 Å². The molecule has 1 heterocycles. The van der Waals surface area contributed by atoms with Crippen molar-refractivity contribution in [2.45, 2.75) is 12.5 Å². The molecule has 106 valence electrons. The Labute approximate surface area is 116 Å². The third-order valence-corrected chi connectivity index (χ3v) is 3.90. The number of likely N-dealkylation sites (N-methyl/N-ethyl adjacent to an activating group) is 1. The van der Waals surface area contributed by atoms with Gasteiger partial charge in [0.2, 0.25) is 0 Å². The molecular weight excluding hydrogens is 238 g/mol. The Morgan fingerprint density at radius 2 is 1.79 bits per heavy atom. The Hall–Kier alpha value is -1.10. The minimum atomic E-state index is 0.116. The van der Waals surface area contributed by atoms with Crippen LogP contribution in [0.5, 0.6) is 5.75 Å². The maximum Gasteiger partial charge on any atom is 0.118 e. The second kappa shape index (κ2) is 6.89. The summed E-state index contributed by atoms with van der Waals surface area (Å²) in [7, 11) is 3.86. The van der Waals surface area contributed by atoms with Crippen LogP contribution in [0.4, 0.5) is 0 Å². The van der Waals surface area contributed by atoms with E-state index >= 15 is 0 Å². The van der Waals surface area contributed by atoms with Gasteiger partial charge in [-0.2, -0.15) is 0 Å². The molecule has 19 heavy (non-hydrogen) atoms. The highest BCUT2D eigenvalue weighted by Crippen LogP contribution is 2.18. The van der Waals surface area contributed by atoms with Crippen molar-refractivity contribution in [3.8, 4) is 5.75 Å². The molecular formula is C15H25N3O. The fourth-order valence-corrected chi connectivity index (χ4v) is 2.41. The standard InChI is InChI=1S/C15H25N3O/c1-17-9-11-18(12-10-17)8-7-15(16)13-3-5-14(19-2)6-4-13/h3-6,15H,7-12,16H2,1-2H3. The lowest BCUT2D eigenvalue weighted by Crippen LogP contribution is -2.45. The number of methoxy groups -OCH3 is 1. The smallest absolute Gasteiger partial charge is 0.118 e. The van der Waals surface area contributed by atoms with Gasteiger partial charge in [-0.15, -0.1) is 0 Å². The molecule has 0 bridgehead atoms. The van der Waals surface area contributed by atoms with Crippen molar-refractivity contribution in [3.05, 3.63) is 29.8 Å². The summed E-state index contributed by atoms with van der Waals surface area (Å²) in [6.07, 6.45) is 1.01. The van der Waals surface area contributed by atoms with Crippen molar-refractivity contribution in [2.75, 3.05) is 46.9 Å². The Morgan fingerprint density at radius 3 is 2.37 bits per heavy atom. The predicted molar refractivity (Wildman–Crippen MR) is 78.5 cm³/mol. The number of hydrogen-bond acceptors (Lipinski definition) is 4. The molecule has 0 radical (unpaired) electrons. The predicted octanol–water partition coefficient (Wildman–Crippen LogP) is 1.33. The molecule has 1 aromatic carbocycles. The maximum absolute atomic E-state index is 6.25. The van der Waals surface area contributed by atoms with E-state index in [-0.39, 0.29) is 6.04 Å². The first kappa shape index (κ1) is 14.3. The fourth-order valence-electron chi connectivity index (χ4n) is 2.41. The summed E-state index contributed by atoms with van der Waals surface area (Å²) in [5.74, 6) is 0.884. The summed E-state index contributed by atoms with van der Waals surface area (Å²) < 4.78 is 5.16. The van der Waals surface area contributed by atoms with E-state index in [4.69, 9.17) is 10.5 Å². The average Bonchev–Trinajstić information content (AvgIpc) is 2.46. The van der Waals surface area contributed by atoms with E-state index in [9.17, 15) is 0 Å². The molecule has 0 aliphatic carbocycles. The van der Waals surface area contributed by atoms with Gasteiger partial charge in [-0.05, 0) is 31.2 Å². The van der Waals surface area contributed by atoms with Crippen molar-refractivity contribution in [1.29, 1.82) is 0 Å². The van der Waals surface area contributed by atoms with Gasteiger partial charge in [0.15, 0.2) is 0 Å². The largest absolute Gasteiger partial charge is 0.497 e. The molecule has 0 spiro atoms. The number of hydrogen-bond donors (Lipinski definition) is 1. The lowest BCUT2D eigenvalue weighted by Gasteiger charge is -2.32. The second-order valence-electron chi connectivity index (χ2n) is 5.31. The summed E-state index contributed by atoms with van der Waals surface area (Å²) in [4.78, 5) is 4.88. The summed E-state index contributed by atoms with van der Waals surface area (Å²) in [5.41, 5.74) is 7.44. The molecule has 0 aromatic heterocycles. The SMILES string of the molecule is COc1ccc(C(N)CCN2CCN(C)CC2)cc1. The molecule has 1 fully saturated rings. The average molecular weight is 263 g/mol. The van der Waals surface area contributed by atoms with Gasteiger partial charge >= 0.3 is 0 Å². The zero-order valence-corrected chi connectivity index (χ0v) is 12.0. The third-order valence-electron chi connectivity index (χ3n) is 3.90. The molecule has 1 aromatic rings. The molecule has 1 atom stereocenters. The van der Waals surface area contributed by atoms with Crippen molar-refractivity contribution >= 4 is 0 Å². The van der Waals surface area contributed by atoms with Crippen LogP contribution < -0.4 is 10.5 Å². The van der Waals surface area contributed by atoms with Gasteiger partial charge in [0, 0.05) is 38.8 Å². The zero-order valence-electron chi connectivity index (χ0n) is 12.0. The van der Waals surface area contributed by atoms with E-state index < -0.39 is 0 Å². The first-order chi connectivity index (χ1) is 9.19. The zero-order chi connectivity index (χ0) is 13.7. The van der Waals surface area contributed by atoms with E-state index in [1.54, 1.807) is 7.11 Å². The van der Waals surface area contributed by atoms with Crippen LogP contribution in [-0.2, 0) is 0 Å². The lowest BCUT2D eigenvalue weighted by atomic mass is 10.0. The lowest BCUT2D eigenvalue weighted by molar-refractivity contribution is 0.150. The number of ether oxygens (including phenoxy) is 1. The topological polar surface area (TPSA) is 41.7 Å². The van der Waals surface area contributed by atoms with Gasteiger partial charge in [-0.1, -0.05) is 12.1 Å². The van der Waals surface area contributed by atoms with E-state index in [0.717, 1.165) is 44.9 Å². The summed E-state index contributed by atoms with van der Waals surface area (Å²) in [5, 5.41) is 0. The van der Waals surface area contributed by atoms with Crippen molar-refractivity contribution in [2.24, 2.45) is 5.73 Å². The summed E-state index contributed by atoms with van der Waals surface area (Å²) >= 11 is 0. The van der Waals surface area contributed by atoms with Crippen molar-refractivity contribution in [1.82, 2.24) is 9.80 Å². The molecule has 4 nitrogen and oxygen atoms in total. The van der Waals surface area contributed by atoms with E-state index in [1.165, 1.54) is 5.56 Å². The van der Waals surface area contributed by atoms with Crippen LogP contribution in [-0.4, -0.2) is 56.7 Å². The first-order valence-electron chi connectivity index (χ1n) is 6.99. The van der Waals surface area contributed by atoms with Crippen LogP contribution >= 0.6 is 0 Å². The quantitative estimate of drug-likeness (QED) is 0.870. The van der Waals surface area contributed by atoms with Crippen LogP contribution in [0.3, 0.4) is 0 Å². The normalized spacial score (nSPS) is 19.3. The Morgan fingerprint density at radius 1 is 1.16 bits per heavy atom. The molecule has 0 amide bonds. The van der Waals surface area contributed by atoms with Gasteiger partial charge in [0.25, 0.3) is 0 Å². The van der Waals surface area contributed by atoms with Gasteiger partial charge in [0.1, 0.15) is 5.75 Å². The van der Waals surface area contributed by atoms with E-state index in [2.05, 4.69) is 29.0 Å². The van der Waals surface area contributed by atoms with Gasteiger partial charge < -0.3 is 20.3 Å². The number of nitrogens with two attached hydrogens (primary N) is 1. The summed E-state index contributed by atoms with van der Waals surface area (Å²) in [6.45, 7) is 5.73. The Balaban J connectivity index is 1.78. The molecule has 2 rings (SSSR count). The molecule has 0 saturated carbocycles. The fraction of sp³-hybridized carbons (Fsp3) is 0.600. The van der Waals surface area contributed by atoms with E-state index in [1.807, 2.05) is 12.1 Å². The number of nitrogens with zero attached hydrogens (tertiary/aromatic N) is 2. The van der Waals surface area contributed by atoms with Crippen molar-refractivity contribution in [3.63, 3.8) is 0 Å². The minimum Gasteiger partial charge on any atom is -0.497 e. The maximum atomic E-state index is 6.25. The molecule has 1 saturated heterocycles. The number of benzene rings is 1. The Kier molecular flexibility index (Phi) is 5.19. The molecule has 1 aliphatic rings. The molecule has 2 N–H and O–H groups in total. The highest BCUT2D eigenvalue weighted by atomic mass is 16.5. The minimum absolute atomic E-state index is 0.116.